The Labute approximate surface area is 145 Å². The highest BCUT2D eigenvalue weighted by Gasteiger charge is 2.22. The van der Waals surface area contributed by atoms with E-state index in [-0.39, 0.29) is 5.91 Å². The number of nitrogens with zero attached hydrogens (tertiary/aromatic N) is 1. The van der Waals surface area contributed by atoms with Crippen LogP contribution in [0.15, 0.2) is 33.5 Å². The van der Waals surface area contributed by atoms with Gasteiger partial charge in [-0.05, 0) is 37.3 Å². The average molecular weight is 336 g/mol. The summed E-state index contributed by atoms with van der Waals surface area (Å²) in [4.78, 5) is 29.3. The summed E-state index contributed by atoms with van der Waals surface area (Å²) in [7, 11) is 0. The van der Waals surface area contributed by atoms with Crippen LogP contribution in [-0.2, 0) is 17.6 Å². The van der Waals surface area contributed by atoms with Crippen LogP contribution in [0.5, 0.6) is 0 Å². The highest BCUT2D eigenvalue weighted by Crippen LogP contribution is 2.34. The molecule has 0 aliphatic heterocycles. The van der Waals surface area contributed by atoms with Crippen LogP contribution in [0.3, 0.4) is 0 Å². The number of carbonyl (C=O) groups is 1. The fourth-order valence-corrected chi connectivity index (χ4v) is 3.64. The number of amides is 1. The maximum Gasteiger partial charge on any atom is 0.347 e. The van der Waals surface area contributed by atoms with E-state index >= 15 is 0 Å². The van der Waals surface area contributed by atoms with Crippen molar-refractivity contribution < 1.29 is 9.21 Å². The molecule has 0 radical (unpaired) electrons. The van der Waals surface area contributed by atoms with Gasteiger partial charge < -0.3 is 9.73 Å². The Balaban J connectivity index is 2.14. The van der Waals surface area contributed by atoms with Crippen molar-refractivity contribution in [3.63, 3.8) is 0 Å². The van der Waals surface area contributed by atoms with Crippen LogP contribution in [-0.4, -0.2) is 10.9 Å². The van der Waals surface area contributed by atoms with Gasteiger partial charge in [0.05, 0.1) is 0 Å². The van der Waals surface area contributed by atoms with Gasteiger partial charge in [0.25, 0.3) is 0 Å². The smallest absolute Gasteiger partial charge is 0.347 e. The predicted molar refractivity (Wildman–Crippen MR) is 98.0 cm³/mol. The van der Waals surface area contributed by atoms with Crippen LogP contribution >= 0.6 is 0 Å². The molecule has 0 saturated heterocycles. The quantitative estimate of drug-likeness (QED) is 0.437. The third-order valence-corrected chi connectivity index (χ3v) is 4.87. The Morgan fingerprint density at radius 1 is 1.16 bits per heavy atom. The van der Waals surface area contributed by atoms with E-state index in [0.29, 0.717) is 23.2 Å². The third kappa shape index (κ3) is 2.69. The molecule has 2 heterocycles. The standard InChI is InChI=1S/C20H20N2O3/c1-2-16(23)22-19-18-17(12-8-4-3-5-10-14(12)21-19)13-9-6-7-11-15(13)25-20(18)24/h6-7,9,11H,2-5,8,10H2,1H3,(H,21,22,23). The van der Waals surface area contributed by atoms with Crippen LogP contribution in [0.25, 0.3) is 21.7 Å². The summed E-state index contributed by atoms with van der Waals surface area (Å²) in [6.45, 7) is 1.78. The van der Waals surface area contributed by atoms with Crippen LogP contribution in [0.4, 0.5) is 5.82 Å². The number of rotatable bonds is 2. The van der Waals surface area contributed by atoms with Gasteiger partial charge in [0.15, 0.2) is 0 Å². The van der Waals surface area contributed by atoms with Gasteiger partial charge in [-0.3, -0.25) is 4.79 Å². The van der Waals surface area contributed by atoms with Crippen LogP contribution in [0.2, 0.25) is 0 Å². The second-order valence-corrected chi connectivity index (χ2v) is 6.48. The number of anilines is 1. The van der Waals surface area contributed by atoms with E-state index in [1.165, 1.54) is 0 Å². The van der Waals surface area contributed by atoms with Crippen LogP contribution in [0, 0.1) is 0 Å². The van der Waals surface area contributed by atoms with E-state index in [4.69, 9.17) is 4.42 Å². The first kappa shape index (κ1) is 15.8. The van der Waals surface area contributed by atoms with Crippen LogP contribution < -0.4 is 10.9 Å². The topological polar surface area (TPSA) is 72.2 Å². The van der Waals surface area contributed by atoms with E-state index in [1.54, 1.807) is 6.92 Å². The lowest BCUT2D eigenvalue weighted by atomic mass is 9.98. The first-order chi connectivity index (χ1) is 12.2. The van der Waals surface area contributed by atoms with Crippen molar-refractivity contribution in [2.24, 2.45) is 0 Å². The van der Waals surface area contributed by atoms with Gasteiger partial charge in [0.1, 0.15) is 16.8 Å². The summed E-state index contributed by atoms with van der Waals surface area (Å²) in [6.07, 6.45) is 5.40. The zero-order chi connectivity index (χ0) is 17.4. The molecule has 0 atom stereocenters. The molecule has 5 nitrogen and oxygen atoms in total. The van der Waals surface area contributed by atoms with Gasteiger partial charge in [0, 0.05) is 22.9 Å². The number of benzene rings is 1. The zero-order valence-corrected chi connectivity index (χ0v) is 14.2. The lowest BCUT2D eigenvalue weighted by Crippen LogP contribution is -2.16. The molecule has 1 amide bonds. The first-order valence-electron chi connectivity index (χ1n) is 8.86. The fraction of sp³-hybridized carbons (Fsp3) is 0.350. The summed E-state index contributed by atoms with van der Waals surface area (Å²) in [6, 6.07) is 7.58. The molecule has 0 saturated carbocycles. The molecule has 128 valence electrons. The van der Waals surface area contributed by atoms with Crippen molar-refractivity contribution in [3.8, 4) is 0 Å². The van der Waals surface area contributed by atoms with Crippen molar-refractivity contribution in [1.82, 2.24) is 4.98 Å². The minimum atomic E-state index is -0.445. The maximum absolute atomic E-state index is 12.7. The zero-order valence-electron chi connectivity index (χ0n) is 14.2. The molecular formula is C20H20N2O3. The van der Waals surface area contributed by atoms with E-state index in [9.17, 15) is 9.59 Å². The molecule has 0 spiro atoms. The van der Waals surface area contributed by atoms with E-state index < -0.39 is 5.63 Å². The van der Waals surface area contributed by atoms with Crippen molar-refractivity contribution in [2.75, 3.05) is 5.32 Å². The van der Waals surface area contributed by atoms with Crippen molar-refractivity contribution in [2.45, 2.75) is 45.4 Å². The fourth-order valence-electron chi connectivity index (χ4n) is 3.64. The number of aryl methyl sites for hydroxylation is 2. The normalized spacial score (nSPS) is 14.3. The van der Waals surface area contributed by atoms with Crippen LogP contribution in [0.1, 0.15) is 43.9 Å². The molecule has 0 fully saturated rings. The molecule has 1 aromatic carbocycles. The summed E-state index contributed by atoms with van der Waals surface area (Å²) in [5.74, 6) is 0.178. The lowest BCUT2D eigenvalue weighted by Gasteiger charge is -2.15. The Morgan fingerprint density at radius 3 is 2.80 bits per heavy atom. The highest BCUT2D eigenvalue weighted by atomic mass is 16.4. The Bertz CT molecular complexity index is 1040. The number of nitrogens with one attached hydrogen (secondary N) is 1. The summed E-state index contributed by atoms with van der Waals surface area (Å²) in [5, 5.41) is 4.99. The minimum Gasteiger partial charge on any atom is -0.422 e. The molecular weight excluding hydrogens is 316 g/mol. The molecule has 5 heteroatoms. The van der Waals surface area contributed by atoms with Gasteiger partial charge in [-0.15, -0.1) is 0 Å². The van der Waals surface area contributed by atoms with Gasteiger partial charge >= 0.3 is 5.63 Å². The van der Waals surface area contributed by atoms with Gasteiger partial charge in [-0.1, -0.05) is 31.5 Å². The number of hydrogen-bond donors (Lipinski definition) is 1. The molecule has 2 aromatic heterocycles. The Hall–Kier alpha value is -2.69. The Kier molecular flexibility index (Phi) is 3.99. The van der Waals surface area contributed by atoms with Gasteiger partial charge in [-0.25, -0.2) is 9.78 Å². The minimum absolute atomic E-state index is 0.157. The third-order valence-electron chi connectivity index (χ3n) is 4.87. The molecule has 1 aliphatic rings. The number of fused-ring (bicyclic) bond motifs is 5. The second kappa shape index (κ2) is 6.31. The predicted octanol–water partition coefficient (Wildman–Crippen LogP) is 3.96. The number of aromatic nitrogens is 1. The number of pyridine rings is 1. The molecule has 4 rings (SSSR count). The maximum atomic E-state index is 12.7. The highest BCUT2D eigenvalue weighted by molar-refractivity contribution is 6.11. The van der Waals surface area contributed by atoms with Crippen molar-refractivity contribution in [3.05, 3.63) is 45.9 Å². The van der Waals surface area contributed by atoms with E-state index in [1.807, 2.05) is 24.3 Å². The number of para-hydroxylation sites is 1. The molecule has 1 N–H and O–H groups in total. The summed E-state index contributed by atoms with van der Waals surface area (Å²) >= 11 is 0. The van der Waals surface area contributed by atoms with Gasteiger partial charge in [0.2, 0.25) is 5.91 Å². The average Bonchev–Trinajstić information content (AvgIpc) is 2.86. The summed E-state index contributed by atoms with van der Waals surface area (Å²) in [5.41, 5.74) is 2.25. The molecule has 3 aromatic rings. The largest absolute Gasteiger partial charge is 0.422 e. The lowest BCUT2D eigenvalue weighted by molar-refractivity contribution is -0.115. The summed E-state index contributed by atoms with van der Waals surface area (Å²) < 4.78 is 5.51. The number of hydrogen-bond acceptors (Lipinski definition) is 4. The molecule has 1 aliphatic carbocycles. The first-order valence-corrected chi connectivity index (χ1v) is 8.86. The molecule has 0 bridgehead atoms. The van der Waals surface area contributed by atoms with Crippen molar-refractivity contribution >= 4 is 33.5 Å². The van der Waals surface area contributed by atoms with Gasteiger partial charge in [-0.2, -0.15) is 0 Å². The van der Waals surface area contributed by atoms with E-state index in [0.717, 1.165) is 54.1 Å². The Morgan fingerprint density at radius 2 is 1.96 bits per heavy atom. The monoisotopic (exact) mass is 336 g/mol. The number of carbonyl (C=O) groups excluding carboxylic acids is 1. The molecule has 0 unspecified atom stereocenters. The molecule has 25 heavy (non-hydrogen) atoms. The second-order valence-electron chi connectivity index (χ2n) is 6.48. The SMILES string of the molecule is CCC(=O)Nc1nc2c(c3c1c(=O)oc1ccccc13)CCCCC2. The van der Waals surface area contributed by atoms with Crippen molar-refractivity contribution in [1.29, 1.82) is 0 Å². The van der Waals surface area contributed by atoms with E-state index in [2.05, 4.69) is 10.3 Å².